The molecule has 33 heavy (non-hydrogen) atoms. The normalized spacial score (nSPS) is 16.6. The van der Waals surface area contributed by atoms with Crippen LogP contribution in [0, 0.1) is 5.82 Å². The van der Waals surface area contributed by atoms with Crippen LogP contribution < -0.4 is 5.32 Å². The molecule has 0 aliphatic carbocycles. The highest BCUT2D eigenvalue weighted by atomic mass is 19.1. The number of hydrogen-bond acceptors (Lipinski definition) is 6. The van der Waals surface area contributed by atoms with E-state index in [1.807, 2.05) is 30.3 Å². The van der Waals surface area contributed by atoms with E-state index in [0.717, 1.165) is 68.3 Å². The fourth-order valence-corrected chi connectivity index (χ4v) is 4.72. The monoisotopic (exact) mass is 446 g/mol. The van der Waals surface area contributed by atoms with Crippen molar-refractivity contribution in [2.24, 2.45) is 0 Å². The second-order valence-electron chi connectivity index (χ2n) is 8.95. The van der Waals surface area contributed by atoms with Crippen LogP contribution >= 0.6 is 0 Å². The Morgan fingerprint density at radius 2 is 1.79 bits per heavy atom. The van der Waals surface area contributed by atoms with Gasteiger partial charge in [0.05, 0.1) is 5.69 Å². The first-order chi connectivity index (χ1) is 16.2. The molecule has 1 N–H and O–H groups in total. The third-order valence-electron chi connectivity index (χ3n) is 6.49. The summed E-state index contributed by atoms with van der Waals surface area (Å²) < 4.78 is 13.3. The Bertz CT molecular complexity index is 1050. The SMILES string of the molecule is Fc1ccc(CN2CCc3nc(-c4ccccn4)nc(NCCCN4CCCC4)c3C2)cc1. The fourth-order valence-electron chi connectivity index (χ4n) is 4.72. The molecule has 5 rings (SSSR count). The Kier molecular flexibility index (Phi) is 6.88. The van der Waals surface area contributed by atoms with Crippen molar-refractivity contribution in [3.05, 3.63) is 71.3 Å². The number of anilines is 1. The molecule has 0 bridgehead atoms. The third-order valence-corrected chi connectivity index (χ3v) is 6.49. The Morgan fingerprint density at radius 3 is 2.58 bits per heavy atom. The van der Waals surface area contributed by atoms with Crippen molar-refractivity contribution in [1.82, 2.24) is 24.8 Å². The summed E-state index contributed by atoms with van der Waals surface area (Å²) in [6, 6.07) is 12.6. The number of rotatable bonds is 8. The smallest absolute Gasteiger partial charge is 0.180 e. The van der Waals surface area contributed by atoms with Crippen molar-refractivity contribution in [3.63, 3.8) is 0 Å². The standard InChI is InChI=1S/C26H31FN6/c27-21-9-7-20(8-10-21)18-33-17-11-23-22(19-33)25(29-13-5-16-32-14-3-4-15-32)31-26(30-23)24-6-1-2-12-28-24/h1-2,6-10,12H,3-5,11,13-19H2,(H,29,30,31). The summed E-state index contributed by atoms with van der Waals surface area (Å²) in [5, 5.41) is 3.62. The number of likely N-dealkylation sites (tertiary alicyclic amines) is 1. The number of nitrogens with zero attached hydrogens (tertiary/aromatic N) is 5. The first-order valence-electron chi connectivity index (χ1n) is 12.0. The summed E-state index contributed by atoms with van der Waals surface area (Å²) in [7, 11) is 0. The average Bonchev–Trinajstić information content (AvgIpc) is 3.37. The summed E-state index contributed by atoms with van der Waals surface area (Å²) in [5.74, 6) is 1.41. The van der Waals surface area contributed by atoms with Crippen LogP contribution in [-0.2, 0) is 19.5 Å². The van der Waals surface area contributed by atoms with Gasteiger partial charge in [-0.15, -0.1) is 0 Å². The van der Waals surface area contributed by atoms with Crippen LogP contribution in [-0.4, -0.2) is 57.5 Å². The third kappa shape index (κ3) is 5.54. The second kappa shape index (κ2) is 10.4. The number of hydrogen-bond donors (Lipinski definition) is 1. The summed E-state index contributed by atoms with van der Waals surface area (Å²) >= 11 is 0. The highest BCUT2D eigenvalue weighted by Gasteiger charge is 2.23. The van der Waals surface area contributed by atoms with E-state index >= 15 is 0 Å². The van der Waals surface area contributed by atoms with Crippen LogP contribution in [0.2, 0.25) is 0 Å². The molecule has 2 aliphatic heterocycles. The maximum Gasteiger partial charge on any atom is 0.180 e. The Labute approximate surface area is 194 Å². The van der Waals surface area contributed by atoms with Gasteiger partial charge in [-0.3, -0.25) is 9.88 Å². The summed E-state index contributed by atoms with van der Waals surface area (Å²) in [4.78, 5) is 19.2. The number of halogens is 1. The van der Waals surface area contributed by atoms with Crippen molar-refractivity contribution < 1.29 is 4.39 Å². The molecule has 0 atom stereocenters. The molecule has 1 aromatic carbocycles. The van der Waals surface area contributed by atoms with Gasteiger partial charge in [0.25, 0.3) is 0 Å². The predicted molar refractivity (Wildman–Crippen MR) is 128 cm³/mol. The molecule has 3 aromatic rings. The molecule has 7 heteroatoms. The number of benzene rings is 1. The highest BCUT2D eigenvalue weighted by molar-refractivity contribution is 5.57. The van der Waals surface area contributed by atoms with Gasteiger partial charge >= 0.3 is 0 Å². The lowest BCUT2D eigenvalue weighted by atomic mass is 10.0. The summed E-state index contributed by atoms with van der Waals surface area (Å²) in [5.41, 5.74) is 4.19. The van der Waals surface area contributed by atoms with Gasteiger partial charge < -0.3 is 10.2 Å². The van der Waals surface area contributed by atoms with E-state index in [9.17, 15) is 4.39 Å². The number of pyridine rings is 1. The maximum atomic E-state index is 13.3. The average molecular weight is 447 g/mol. The van der Waals surface area contributed by atoms with E-state index in [-0.39, 0.29) is 5.82 Å². The minimum Gasteiger partial charge on any atom is -0.370 e. The van der Waals surface area contributed by atoms with Crippen LogP contribution in [0.1, 0.15) is 36.1 Å². The molecule has 1 fully saturated rings. The Hall–Kier alpha value is -2.90. The first-order valence-corrected chi connectivity index (χ1v) is 12.0. The van der Waals surface area contributed by atoms with Crippen LogP contribution in [0.15, 0.2) is 48.7 Å². The minimum absolute atomic E-state index is 0.196. The van der Waals surface area contributed by atoms with Gasteiger partial charge in [-0.1, -0.05) is 18.2 Å². The molecule has 0 saturated carbocycles. The number of fused-ring (bicyclic) bond motifs is 1. The van der Waals surface area contributed by atoms with Gasteiger partial charge in [0.15, 0.2) is 5.82 Å². The van der Waals surface area contributed by atoms with E-state index in [4.69, 9.17) is 9.97 Å². The maximum absolute atomic E-state index is 13.3. The van der Waals surface area contributed by atoms with E-state index < -0.39 is 0 Å². The van der Waals surface area contributed by atoms with Crippen molar-refractivity contribution in [3.8, 4) is 11.5 Å². The lowest BCUT2D eigenvalue weighted by Crippen LogP contribution is -2.32. The van der Waals surface area contributed by atoms with Crippen molar-refractivity contribution >= 4 is 5.82 Å². The fraction of sp³-hybridized carbons (Fsp3) is 0.423. The van der Waals surface area contributed by atoms with Crippen molar-refractivity contribution in [2.45, 2.75) is 38.8 Å². The van der Waals surface area contributed by atoms with Crippen LogP contribution in [0.4, 0.5) is 10.2 Å². The van der Waals surface area contributed by atoms with Crippen molar-refractivity contribution in [2.75, 3.05) is 38.0 Å². The summed E-state index contributed by atoms with van der Waals surface area (Å²) in [6.07, 6.45) is 6.39. The van der Waals surface area contributed by atoms with Crippen molar-refractivity contribution in [1.29, 1.82) is 0 Å². The molecular formula is C26H31FN6. The van der Waals surface area contributed by atoms with E-state index in [1.54, 1.807) is 6.20 Å². The summed E-state index contributed by atoms with van der Waals surface area (Å²) in [6.45, 7) is 6.96. The molecule has 2 aliphatic rings. The van der Waals surface area contributed by atoms with Crippen LogP contribution in [0.25, 0.3) is 11.5 Å². The molecule has 6 nitrogen and oxygen atoms in total. The molecule has 0 unspecified atom stereocenters. The van der Waals surface area contributed by atoms with E-state index in [0.29, 0.717) is 5.82 Å². The molecule has 172 valence electrons. The molecular weight excluding hydrogens is 415 g/mol. The zero-order chi connectivity index (χ0) is 22.5. The van der Waals surface area contributed by atoms with E-state index in [2.05, 4.69) is 20.1 Å². The topological polar surface area (TPSA) is 57.2 Å². The molecule has 1 saturated heterocycles. The molecule has 0 amide bonds. The van der Waals surface area contributed by atoms with E-state index in [1.165, 1.54) is 43.6 Å². The molecule has 4 heterocycles. The molecule has 0 spiro atoms. The largest absolute Gasteiger partial charge is 0.370 e. The van der Waals surface area contributed by atoms with Crippen LogP contribution in [0.5, 0.6) is 0 Å². The lowest BCUT2D eigenvalue weighted by Gasteiger charge is -2.30. The van der Waals surface area contributed by atoms with Gasteiger partial charge in [0, 0.05) is 44.4 Å². The van der Waals surface area contributed by atoms with Gasteiger partial charge in [-0.05, 0) is 68.7 Å². The predicted octanol–water partition coefficient (Wildman–Crippen LogP) is 4.13. The number of nitrogens with one attached hydrogen (secondary N) is 1. The quantitative estimate of drug-likeness (QED) is 0.525. The highest BCUT2D eigenvalue weighted by Crippen LogP contribution is 2.27. The minimum atomic E-state index is -0.196. The zero-order valence-corrected chi connectivity index (χ0v) is 19.0. The Balaban J connectivity index is 1.33. The van der Waals surface area contributed by atoms with Crippen LogP contribution in [0.3, 0.4) is 0 Å². The number of aromatic nitrogens is 3. The van der Waals surface area contributed by atoms with Gasteiger partial charge in [0.1, 0.15) is 17.3 Å². The zero-order valence-electron chi connectivity index (χ0n) is 19.0. The van der Waals surface area contributed by atoms with Gasteiger partial charge in [-0.2, -0.15) is 0 Å². The Morgan fingerprint density at radius 1 is 0.939 bits per heavy atom. The second-order valence-corrected chi connectivity index (χ2v) is 8.95. The molecule has 2 aromatic heterocycles. The van der Waals surface area contributed by atoms with Gasteiger partial charge in [-0.25, -0.2) is 14.4 Å². The molecule has 0 radical (unpaired) electrons. The lowest BCUT2D eigenvalue weighted by molar-refractivity contribution is 0.243. The first kappa shape index (κ1) is 21.9. The van der Waals surface area contributed by atoms with Gasteiger partial charge in [0.2, 0.25) is 0 Å².